The number of carbonyl (C=O) groups is 1. The highest BCUT2D eigenvalue weighted by Gasteiger charge is 2.21. The van der Waals surface area contributed by atoms with Crippen molar-refractivity contribution >= 4 is 31.4 Å². The highest BCUT2D eigenvalue weighted by molar-refractivity contribution is 7.80. The van der Waals surface area contributed by atoms with E-state index in [2.05, 4.69) is 30.7 Å². The standard InChI is InChI=1S/C3H6N2O3S2/c6-3(7)2(1-9)5(10)4-8/h2,9-10H,1H2,(H,6,7). The lowest BCUT2D eigenvalue weighted by Crippen LogP contribution is -2.33. The van der Waals surface area contributed by atoms with Gasteiger partial charge in [0.05, 0.1) is 5.29 Å². The summed E-state index contributed by atoms with van der Waals surface area (Å²) in [7, 11) is 0. The summed E-state index contributed by atoms with van der Waals surface area (Å²) < 4.78 is 0.509. The Balaban J connectivity index is 4.05. The minimum absolute atomic E-state index is 0.00935. The molecule has 0 amide bonds. The smallest absolute Gasteiger partial charge is 0.330 e. The normalized spacial score (nSPS) is 12.2. The third kappa shape index (κ3) is 2.44. The molecule has 0 aromatic carbocycles. The minimum Gasteiger partial charge on any atom is -0.480 e. The second-order valence-corrected chi connectivity index (χ2v) is 2.21. The van der Waals surface area contributed by atoms with Gasteiger partial charge in [0.15, 0.2) is 6.04 Å². The predicted molar refractivity (Wildman–Crippen MR) is 41.9 cm³/mol. The van der Waals surface area contributed by atoms with E-state index in [4.69, 9.17) is 5.11 Å². The van der Waals surface area contributed by atoms with Crippen LogP contribution in [0.3, 0.4) is 0 Å². The van der Waals surface area contributed by atoms with Crippen LogP contribution in [0.5, 0.6) is 0 Å². The highest BCUT2D eigenvalue weighted by atomic mass is 32.1. The van der Waals surface area contributed by atoms with Crippen molar-refractivity contribution in [3.63, 3.8) is 0 Å². The number of hydrogen-bond donors (Lipinski definition) is 3. The summed E-state index contributed by atoms with van der Waals surface area (Å²) in [5.41, 5.74) is 0. The lowest BCUT2D eigenvalue weighted by atomic mass is 10.4. The summed E-state index contributed by atoms with van der Waals surface area (Å²) in [6.45, 7) is 0. The number of nitrogens with zero attached hydrogens (tertiary/aromatic N) is 2. The Hall–Kier alpha value is -0.430. The van der Waals surface area contributed by atoms with Crippen LogP contribution in [0.1, 0.15) is 0 Å². The molecule has 7 heteroatoms. The molecule has 0 aliphatic rings. The van der Waals surface area contributed by atoms with Gasteiger partial charge in [-0.2, -0.15) is 17.0 Å². The lowest BCUT2D eigenvalue weighted by molar-refractivity contribution is -0.140. The average molecular weight is 182 g/mol. The maximum Gasteiger partial charge on any atom is 0.330 e. The monoisotopic (exact) mass is 182 g/mol. The Morgan fingerprint density at radius 1 is 1.80 bits per heavy atom. The van der Waals surface area contributed by atoms with E-state index in [1.54, 1.807) is 0 Å². The largest absolute Gasteiger partial charge is 0.480 e. The first kappa shape index (κ1) is 9.57. The second kappa shape index (κ2) is 4.40. The number of carboxylic acids is 1. The molecule has 0 saturated carbocycles. The third-order valence-corrected chi connectivity index (χ3v) is 1.52. The fourth-order valence-corrected chi connectivity index (χ4v) is 0.927. The Morgan fingerprint density at radius 3 is 2.40 bits per heavy atom. The first-order chi connectivity index (χ1) is 4.63. The minimum atomic E-state index is -1.18. The van der Waals surface area contributed by atoms with Crippen molar-refractivity contribution in [2.24, 2.45) is 5.29 Å². The highest BCUT2D eigenvalue weighted by Crippen LogP contribution is 2.04. The van der Waals surface area contributed by atoms with Crippen molar-refractivity contribution in [1.29, 1.82) is 0 Å². The molecule has 0 fully saturated rings. The Morgan fingerprint density at radius 2 is 2.30 bits per heavy atom. The number of thiol groups is 2. The Labute approximate surface area is 68.3 Å². The van der Waals surface area contributed by atoms with E-state index >= 15 is 0 Å². The first-order valence-corrected chi connectivity index (χ1v) is 3.31. The van der Waals surface area contributed by atoms with Gasteiger partial charge in [0.25, 0.3) is 0 Å². The summed E-state index contributed by atoms with van der Waals surface area (Å²) in [6, 6.07) is -1.07. The molecule has 1 atom stereocenters. The molecule has 0 bridgehead atoms. The number of nitroso groups, excluding NO2 is 1. The van der Waals surface area contributed by atoms with E-state index in [0.717, 1.165) is 0 Å². The SMILES string of the molecule is O=NN(S)C(CS)C(=O)O. The van der Waals surface area contributed by atoms with Crippen LogP contribution in [-0.2, 0) is 4.79 Å². The van der Waals surface area contributed by atoms with Gasteiger partial charge in [0.1, 0.15) is 0 Å². The topological polar surface area (TPSA) is 70.0 Å². The van der Waals surface area contributed by atoms with Crippen molar-refractivity contribution in [2.75, 3.05) is 5.75 Å². The third-order valence-electron chi connectivity index (χ3n) is 0.820. The number of carboxylic acid groups (broad SMARTS) is 1. The van der Waals surface area contributed by atoms with Gasteiger partial charge < -0.3 is 5.11 Å². The summed E-state index contributed by atoms with van der Waals surface area (Å²) in [6.07, 6.45) is 0. The van der Waals surface area contributed by atoms with Gasteiger partial charge in [-0.05, 0) is 12.8 Å². The van der Waals surface area contributed by atoms with Gasteiger partial charge in [-0.15, -0.1) is 4.91 Å². The average Bonchev–Trinajstić information content (AvgIpc) is 1.88. The quantitative estimate of drug-likeness (QED) is 0.330. The Kier molecular flexibility index (Phi) is 4.21. The zero-order chi connectivity index (χ0) is 8.15. The van der Waals surface area contributed by atoms with Crippen molar-refractivity contribution in [1.82, 2.24) is 4.41 Å². The number of aliphatic carboxylic acids is 1. The zero-order valence-corrected chi connectivity index (χ0v) is 6.63. The van der Waals surface area contributed by atoms with Crippen molar-refractivity contribution < 1.29 is 9.90 Å². The van der Waals surface area contributed by atoms with Gasteiger partial charge >= 0.3 is 5.97 Å². The van der Waals surface area contributed by atoms with Crippen LogP contribution in [0, 0.1) is 4.91 Å². The molecule has 0 rings (SSSR count). The van der Waals surface area contributed by atoms with E-state index in [-0.39, 0.29) is 5.75 Å². The van der Waals surface area contributed by atoms with Crippen LogP contribution >= 0.6 is 25.4 Å². The summed E-state index contributed by atoms with van der Waals surface area (Å²) >= 11 is 7.15. The first-order valence-electron chi connectivity index (χ1n) is 2.28. The van der Waals surface area contributed by atoms with Gasteiger partial charge in [-0.1, -0.05) is 0 Å². The molecule has 58 valence electrons. The molecule has 0 spiro atoms. The summed E-state index contributed by atoms with van der Waals surface area (Å²) in [5.74, 6) is -1.19. The van der Waals surface area contributed by atoms with E-state index in [1.807, 2.05) is 0 Å². The molecule has 0 aromatic rings. The van der Waals surface area contributed by atoms with Crippen molar-refractivity contribution in [3.05, 3.63) is 4.91 Å². The molecule has 5 nitrogen and oxygen atoms in total. The van der Waals surface area contributed by atoms with Crippen LogP contribution in [0.15, 0.2) is 5.29 Å². The fraction of sp³-hybridized carbons (Fsp3) is 0.667. The maximum absolute atomic E-state index is 10.2. The van der Waals surface area contributed by atoms with E-state index in [9.17, 15) is 9.70 Å². The molecule has 0 radical (unpaired) electrons. The predicted octanol–water partition coefficient (Wildman–Crippen LogP) is 0.198. The molecule has 1 N–H and O–H groups in total. The van der Waals surface area contributed by atoms with Crippen molar-refractivity contribution in [2.45, 2.75) is 6.04 Å². The number of rotatable bonds is 4. The molecule has 1 unspecified atom stereocenters. The van der Waals surface area contributed by atoms with Crippen LogP contribution in [0.25, 0.3) is 0 Å². The molecule has 0 aliphatic heterocycles. The van der Waals surface area contributed by atoms with Gasteiger partial charge in [0.2, 0.25) is 0 Å². The van der Waals surface area contributed by atoms with Gasteiger partial charge in [-0.3, -0.25) is 0 Å². The fourth-order valence-electron chi connectivity index (χ4n) is 0.307. The summed E-state index contributed by atoms with van der Waals surface area (Å²) in [5, 5.41) is 10.6. The van der Waals surface area contributed by atoms with E-state index in [1.165, 1.54) is 0 Å². The molecule has 0 saturated heterocycles. The molecular formula is C3H6N2O3S2. The van der Waals surface area contributed by atoms with E-state index in [0.29, 0.717) is 4.41 Å². The van der Waals surface area contributed by atoms with Crippen LogP contribution in [0.4, 0.5) is 0 Å². The molecule has 0 aromatic heterocycles. The van der Waals surface area contributed by atoms with Crippen LogP contribution in [0.2, 0.25) is 0 Å². The van der Waals surface area contributed by atoms with Crippen molar-refractivity contribution in [3.8, 4) is 0 Å². The zero-order valence-electron chi connectivity index (χ0n) is 4.84. The maximum atomic E-state index is 10.2. The molecule has 10 heavy (non-hydrogen) atoms. The van der Waals surface area contributed by atoms with Gasteiger partial charge in [-0.25, -0.2) is 4.79 Å². The van der Waals surface area contributed by atoms with E-state index < -0.39 is 12.0 Å². The molecule has 0 aliphatic carbocycles. The number of hydrogen-bond acceptors (Lipinski definition) is 5. The van der Waals surface area contributed by atoms with Crippen LogP contribution in [-0.4, -0.2) is 27.3 Å². The molecular weight excluding hydrogens is 176 g/mol. The molecule has 0 heterocycles. The van der Waals surface area contributed by atoms with Crippen LogP contribution < -0.4 is 0 Å². The Bertz CT molecular complexity index is 142. The van der Waals surface area contributed by atoms with Gasteiger partial charge in [0, 0.05) is 5.75 Å². The summed E-state index contributed by atoms with van der Waals surface area (Å²) in [4.78, 5) is 19.9. The second-order valence-electron chi connectivity index (χ2n) is 1.44. The lowest BCUT2D eigenvalue weighted by Gasteiger charge is -2.13.